The third-order valence-electron chi connectivity index (χ3n) is 3.71. The molecule has 5 heteroatoms. The number of carbonyl (C=O) groups excluding carboxylic acids is 1. The van der Waals surface area contributed by atoms with Gasteiger partial charge in [0.1, 0.15) is 0 Å². The minimum Gasteiger partial charge on any atom is -0.354 e. The lowest BCUT2D eigenvalue weighted by atomic mass is 10.1. The van der Waals surface area contributed by atoms with Gasteiger partial charge in [-0.1, -0.05) is 0 Å². The molecular weight excluding hydrogens is 216 g/mol. The van der Waals surface area contributed by atoms with E-state index in [1.54, 1.807) is 0 Å². The van der Waals surface area contributed by atoms with E-state index >= 15 is 0 Å². The van der Waals surface area contributed by atoms with Crippen molar-refractivity contribution in [1.82, 2.24) is 20.9 Å². The average molecular weight is 240 g/mol. The van der Waals surface area contributed by atoms with Crippen molar-refractivity contribution in [1.29, 1.82) is 0 Å². The summed E-state index contributed by atoms with van der Waals surface area (Å²) in [7, 11) is 2.13. The first-order valence-electron chi connectivity index (χ1n) is 6.58. The number of carbonyl (C=O) groups is 1. The molecule has 0 radical (unpaired) electrons. The first-order chi connectivity index (χ1) is 8.15. The molecule has 3 unspecified atom stereocenters. The van der Waals surface area contributed by atoms with E-state index in [1.807, 2.05) is 0 Å². The maximum Gasteiger partial charge on any atom is 0.238 e. The standard InChI is InChI=1S/C12H24N4O/c1-9-5-14-11(7-13-9)12(17)15-6-10-3-4-16(2)8-10/h9-11,13-14H,3-8H2,1-2H3,(H,15,17). The molecule has 0 aromatic carbocycles. The maximum absolute atomic E-state index is 11.9. The smallest absolute Gasteiger partial charge is 0.238 e. The monoisotopic (exact) mass is 240 g/mol. The molecule has 2 aliphatic heterocycles. The Hall–Kier alpha value is -0.650. The van der Waals surface area contributed by atoms with Crippen LogP contribution in [-0.4, -0.2) is 62.7 Å². The molecule has 2 rings (SSSR count). The van der Waals surface area contributed by atoms with Gasteiger partial charge in [0.05, 0.1) is 6.04 Å². The van der Waals surface area contributed by atoms with Gasteiger partial charge in [-0.15, -0.1) is 0 Å². The predicted molar refractivity (Wildman–Crippen MR) is 67.9 cm³/mol. The van der Waals surface area contributed by atoms with E-state index in [9.17, 15) is 4.79 Å². The van der Waals surface area contributed by atoms with Crippen molar-refractivity contribution in [2.45, 2.75) is 25.4 Å². The number of nitrogens with one attached hydrogen (secondary N) is 3. The Labute approximate surface area is 103 Å². The Morgan fingerprint density at radius 3 is 2.82 bits per heavy atom. The second-order valence-corrected chi connectivity index (χ2v) is 5.43. The summed E-state index contributed by atoms with van der Waals surface area (Å²) in [6, 6.07) is 0.396. The van der Waals surface area contributed by atoms with Gasteiger partial charge in [0.15, 0.2) is 0 Å². The van der Waals surface area contributed by atoms with Crippen molar-refractivity contribution in [3.05, 3.63) is 0 Å². The summed E-state index contributed by atoms with van der Waals surface area (Å²) in [6.45, 7) is 6.79. The van der Waals surface area contributed by atoms with Crippen LogP contribution in [0.1, 0.15) is 13.3 Å². The maximum atomic E-state index is 11.9. The topological polar surface area (TPSA) is 56.4 Å². The van der Waals surface area contributed by atoms with Crippen molar-refractivity contribution in [2.75, 3.05) is 39.8 Å². The first-order valence-corrected chi connectivity index (χ1v) is 6.58. The van der Waals surface area contributed by atoms with Gasteiger partial charge in [0.25, 0.3) is 0 Å². The fourth-order valence-corrected chi connectivity index (χ4v) is 2.53. The third-order valence-corrected chi connectivity index (χ3v) is 3.71. The first kappa shape index (κ1) is 12.8. The largest absolute Gasteiger partial charge is 0.354 e. The predicted octanol–water partition coefficient (Wildman–Crippen LogP) is -0.996. The number of amides is 1. The molecule has 3 N–H and O–H groups in total. The quantitative estimate of drug-likeness (QED) is 0.592. The van der Waals surface area contributed by atoms with Crippen LogP contribution in [0.25, 0.3) is 0 Å². The Bertz CT molecular complexity index is 263. The van der Waals surface area contributed by atoms with Crippen LogP contribution in [0.5, 0.6) is 0 Å². The fraction of sp³-hybridized carbons (Fsp3) is 0.917. The summed E-state index contributed by atoms with van der Waals surface area (Å²) in [6.07, 6.45) is 1.20. The molecule has 98 valence electrons. The van der Waals surface area contributed by atoms with Crippen molar-refractivity contribution in [3.8, 4) is 0 Å². The van der Waals surface area contributed by atoms with Crippen LogP contribution in [-0.2, 0) is 4.79 Å². The molecule has 0 aromatic heterocycles. The molecule has 2 fully saturated rings. The van der Waals surface area contributed by atoms with Gasteiger partial charge in [-0.3, -0.25) is 4.79 Å². The van der Waals surface area contributed by atoms with E-state index in [1.165, 1.54) is 6.42 Å². The van der Waals surface area contributed by atoms with E-state index in [-0.39, 0.29) is 11.9 Å². The van der Waals surface area contributed by atoms with Crippen LogP contribution in [0.4, 0.5) is 0 Å². The normalized spacial score (nSPS) is 34.8. The molecule has 1 amide bonds. The number of likely N-dealkylation sites (tertiary alicyclic amines) is 1. The van der Waals surface area contributed by atoms with Crippen LogP contribution < -0.4 is 16.0 Å². The minimum absolute atomic E-state index is 0.0645. The number of rotatable bonds is 3. The molecule has 0 saturated carbocycles. The lowest BCUT2D eigenvalue weighted by Crippen LogP contribution is -2.59. The molecule has 0 bridgehead atoms. The van der Waals surface area contributed by atoms with Crippen LogP contribution in [0.15, 0.2) is 0 Å². The van der Waals surface area contributed by atoms with Crippen molar-refractivity contribution in [2.24, 2.45) is 5.92 Å². The zero-order valence-electron chi connectivity index (χ0n) is 10.8. The van der Waals surface area contributed by atoms with Crippen LogP contribution in [0.3, 0.4) is 0 Å². The van der Waals surface area contributed by atoms with Gasteiger partial charge in [0.2, 0.25) is 5.91 Å². The van der Waals surface area contributed by atoms with E-state index in [2.05, 4.69) is 34.8 Å². The number of piperazine rings is 1. The molecule has 5 nitrogen and oxygen atoms in total. The number of nitrogens with zero attached hydrogens (tertiary/aromatic N) is 1. The van der Waals surface area contributed by atoms with Gasteiger partial charge in [0, 0.05) is 32.2 Å². The highest BCUT2D eigenvalue weighted by Gasteiger charge is 2.25. The van der Waals surface area contributed by atoms with Crippen LogP contribution in [0.2, 0.25) is 0 Å². The zero-order chi connectivity index (χ0) is 12.3. The minimum atomic E-state index is -0.0645. The molecule has 0 aromatic rings. The summed E-state index contributed by atoms with van der Waals surface area (Å²) in [5.74, 6) is 0.762. The number of hydrogen-bond donors (Lipinski definition) is 3. The molecule has 2 aliphatic rings. The van der Waals surface area contributed by atoms with Gasteiger partial charge < -0.3 is 20.9 Å². The van der Waals surface area contributed by atoms with Gasteiger partial charge in [-0.05, 0) is 32.9 Å². The van der Waals surface area contributed by atoms with Gasteiger partial charge >= 0.3 is 0 Å². The summed E-state index contributed by atoms with van der Waals surface area (Å²) in [5, 5.41) is 9.65. The lowest BCUT2D eigenvalue weighted by Gasteiger charge is -2.28. The summed E-state index contributed by atoms with van der Waals surface area (Å²) < 4.78 is 0. The molecule has 0 spiro atoms. The molecule has 3 atom stereocenters. The second-order valence-electron chi connectivity index (χ2n) is 5.43. The summed E-state index contributed by atoms with van der Waals surface area (Å²) in [5.41, 5.74) is 0. The molecule has 0 aliphatic carbocycles. The Morgan fingerprint density at radius 1 is 1.41 bits per heavy atom. The third kappa shape index (κ3) is 3.66. The fourth-order valence-electron chi connectivity index (χ4n) is 2.53. The van der Waals surface area contributed by atoms with Crippen molar-refractivity contribution < 1.29 is 4.79 Å². The highest BCUT2D eigenvalue weighted by atomic mass is 16.2. The van der Waals surface area contributed by atoms with E-state index in [0.29, 0.717) is 12.0 Å². The van der Waals surface area contributed by atoms with E-state index in [4.69, 9.17) is 0 Å². The molecule has 2 heterocycles. The Morgan fingerprint density at radius 2 is 2.24 bits per heavy atom. The highest BCUT2D eigenvalue weighted by Crippen LogP contribution is 2.12. The highest BCUT2D eigenvalue weighted by molar-refractivity contribution is 5.82. The van der Waals surface area contributed by atoms with E-state index in [0.717, 1.165) is 32.7 Å². The summed E-state index contributed by atoms with van der Waals surface area (Å²) >= 11 is 0. The molecule has 17 heavy (non-hydrogen) atoms. The SMILES string of the molecule is CC1CNC(C(=O)NCC2CCN(C)C2)CN1. The molecule has 2 saturated heterocycles. The second kappa shape index (κ2) is 5.80. The van der Waals surface area contributed by atoms with Crippen LogP contribution >= 0.6 is 0 Å². The van der Waals surface area contributed by atoms with Gasteiger partial charge in [-0.2, -0.15) is 0 Å². The lowest BCUT2D eigenvalue weighted by molar-refractivity contribution is -0.123. The number of hydrogen-bond acceptors (Lipinski definition) is 4. The van der Waals surface area contributed by atoms with Crippen molar-refractivity contribution in [3.63, 3.8) is 0 Å². The van der Waals surface area contributed by atoms with Crippen molar-refractivity contribution >= 4 is 5.91 Å². The average Bonchev–Trinajstić information content (AvgIpc) is 2.73. The molecular formula is C12H24N4O. The zero-order valence-corrected chi connectivity index (χ0v) is 10.8. The Kier molecular flexibility index (Phi) is 4.36. The van der Waals surface area contributed by atoms with Gasteiger partial charge in [-0.25, -0.2) is 0 Å². The summed E-state index contributed by atoms with van der Waals surface area (Å²) in [4.78, 5) is 14.2. The van der Waals surface area contributed by atoms with Crippen LogP contribution in [0, 0.1) is 5.92 Å². The van der Waals surface area contributed by atoms with E-state index < -0.39 is 0 Å². The Balaban J connectivity index is 1.67.